The van der Waals surface area contributed by atoms with Crippen LogP contribution < -0.4 is 19.5 Å². The van der Waals surface area contributed by atoms with E-state index in [1.807, 2.05) is 49.4 Å². The fourth-order valence-electron chi connectivity index (χ4n) is 2.43. The van der Waals surface area contributed by atoms with Crippen LogP contribution in [0.25, 0.3) is 6.08 Å². The minimum absolute atomic E-state index is 0.227. The number of ether oxygens (including phenoxy) is 3. The smallest absolute Gasteiger partial charge is 0.248 e. The van der Waals surface area contributed by atoms with E-state index < -0.39 is 0 Å². The first-order valence-corrected chi connectivity index (χ1v) is 9.19. The van der Waals surface area contributed by atoms with Crippen molar-refractivity contribution >= 4 is 17.7 Å². The summed E-state index contributed by atoms with van der Waals surface area (Å²) in [6.07, 6.45) is 5.25. The summed E-state index contributed by atoms with van der Waals surface area (Å²) < 4.78 is 16.6. The molecule has 0 aliphatic heterocycles. The Morgan fingerprint density at radius 3 is 2.59 bits per heavy atom. The van der Waals surface area contributed by atoms with Crippen molar-refractivity contribution in [2.45, 2.75) is 26.7 Å². The molecule has 0 spiro atoms. The van der Waals surface area contributed by atoms with Crippen molar-refractivity contribution in [3.05, 3.63) is 54.1 Å². The first kappa shape index (κ1) is 20.4. The zero-order chi connectivity index (χ0) is 19.5. The van der Waals surface area contributed by atoms with Crippen molar-refractivity contribution in [1.82, 2.24) is 0 Å². The van der Waals surface area contributed by atoms with Crippen LogP contribution in [0.2, 0.25) is 0 Å². The van der Waals surface area contributed by atoms with Gasteiger partial charge >= 0.3 is 0 Å². The summed E-state index contributed by atoms with van der Waals surface area (Å²) in [5, 5.41) is 2.86. The minimum Gasteiger partial charge on any atom is -0.493 e. The van der Waals surface area contributed by atoms with E-state index in [9.17, 15) is 4.79 Å². The third-order valence-corrected chi connectivity index (χ3v) is 3.82. The molecule has 0 radical (unpaired) electrons. The highest BCUT2D eigenvalue weighted by molar-refractivity contribution is 6.02. The molecule has 2 rings (SSSR count). The number of unbranched alkanes of at least 4 members (excludes halogenated alkanes) is 1. The molecule has 0 unspecified atom stereocenters. The first-order valence-electron chi connectivity index (χ1n) is 9.19. The Morgan fingerprint density at radius 1 is 1.04 bits per heavy atom. The van der Waals surface area contributed by atoms with E-state index in [0.29, 0.717) is 36.1 Å². The number of amides is 1. The molecule has 0 aromatic heterocycles. The average Bonchev–Trinajstić information content (AvgIpc) is 2.68. The van der Waals surface area contributed by atoms with Crippen LogP contribution in [-0.4, -0.2) is 26.2 Å². The Labute approximate surface area is 161 Å². The maximum absolute atomic E-state index is 12.3. The lowest BCUT2D eigenvalue weighted by atomic mass is 10.2. The second kappa shape index (κ2) is 10.9. The highest BCUT2D eigenvalue weighted by atomic mass is 16.5. The van der Waals surface area contributed by atoms with Crippen LogP contribution in [-0.2, 0) is 4.79 Å². The lowest BCUT2D eigenvalue weighted by molar-refractivity contribution is -0.111. The highest BCUT2D eigenvalue weighted by Gasteiger charge is 2.07. The van der Waals surface area contributed by atoms with Gasteiger partial charge in [0.1, 0.15) is 5.75 Å². The lowest BCUT2D eigenvalue weighted by Crippen LogP contribution is -2.09. The van der Waals surface area contributed by atoms with Crippen LogP contribution in [0, 0.1) is 0 Å². The van der Waals surface area contributed by atoms with Gasteiger partial charge in [-0.15, -0.1) is 0 Å². The maximum Gasteiger partial charge on any atom is 0.248 e. The van der Waals surface area contributed by atoms with Gasteiger partial charge in [-0.25, -0.2) is 0 Å². The third kappa shape index (κ3) is 6.37. The SMILES string of the molecule is CCCCOc1ccccc1NC(=O)/C=C/c1ccc(OC)c(OCC)c1. The van der Waals surface area contributed by atoms with Gasteiger partial charge in [-0.05, 0) is 49.2 Å². The van der Waals surface area contributed by atoms with Gasteiger partial charge in [0, 0.05) is 6.08 Å². The van der Waals surface area contributed by atoms with Crippen molar-refractivity contribution < 1.29 is 19.0 Å². The largest absolute Gasteiger partial charge is 0.493 e. The third-order valence-electron chi connectivity index (χ3n) is 3.82. The first-order chi connectivity index (χ1) is 13.2. The number of para-hydroxylation sites is 2. The van der Waals surface area contributed by atoms with Crippen LogP contribution in [0.5, 0.6) is 17.2 Å². The predicted molar refractivity (Wildman–Crippen MR) is 109 cm³/mol. The van der Waals surface area contributed by atoms with Gasteiger partial charge in [-0.1, -0.05) is 31.5 Å². The fourth-order valence-corrected chi connectivity index (χ4v) is 2.43. The number of methoxy groups -OCH3 is 1. The molecular formula is C22H27NO4. The van der Waals surface area contributed by atoms with Crippen LogP contribution in [0.4, 0.5) is 5.69 Å². The van der Waals surface area contributed by atoms with E-state index in [1.165, 1.54) is 6.08 Å². The molecule has 2 aromatic carbocycles. The number of hydrogen-bond donors (Lipinski definition) is 1. The van der Waals surface area contributed by atoms with Crippen molar-refractivity contribution in [3.8, 4) is 17.2 Å². The van der Waals surface area contributed by atoms with Gasteiger partial charge in [0.2, 0.25) is 5.91 Å². The molecule has 144 valence electrons. The van der Waals surface area contributed by atoms with Gasteiger partial charge < -0.3 is 19.5 Å². The number of carbonyl (C=O) groups excluding carboxylic acids is 1. The molecule has 0 saturated carbocycles. The molecule has 0 aliphatic carbocycles. The number of anilines is 1. The summed E-state index contributed by atoms with van der Waals surface area (Å²) in [5.74, 6) is 1.76. The Balaban J connectivity index is 2.04. The molecule has 2 aromatic rings. The Hall–Kier alpha value is -2.95. The molecule has 0 bridgehead atoms. The van der Waals surface area contributed by atoms with Crippen molar-refractivity contribution in [2.75, 3.05) is 25.6 Å². The number of rotatable bonds is 10. The van der Waals surface area contributed by atoms with Gasteiger partial charge in [0.25, 0.3) is 0 Å². The number of nitrogens with one attached hydrogen (secondary N) is 1. The minimum atomic E-state index is -0.227. The topological polar surface area (TPSA) is 56.8 Å². The lowest BCUT2D eigenvalue weighted by Gasteiger charge is -2.11. The molecule has 1 N–H and O–H groups in total. The Morgan fingerprint density at radius 2 is 1.85 bits per heavy atom. The standard InChI is InChI=1S/C22H27NO4/c1-4-6-15-27-19-10-8-7-9-18(19)23-22(24)14-12-17-11-13-20(25-3)21(16-17)26-5-2/h7-14,16H,4-6,15H2,1-3H3,(H,23,24)/b14-12+. The van der Waals surface area contributed by atoms with Crippen LogP contribution in [0.3, 0.4) is 0 Å². The van der Waals surface area contributed by atoms with E-state index in [-0.39, 0.29) is 5.91 Å². The van der Waals surface area contributed by atoms with E-state index in [0.717, 1.165) is 18.4 Å². The van der Waals surface area contributed by atoms with Crippen LogP contribution >= 0.6 is 0 Å². The van der Waals surface area contributed by atoms with Crippen molar-refractivity contribution in [2.24, 2.45) is 0 Å². The molecule has 5 nitrogen and oxygen atoms in total. The molecular weight excluding hydrogens is 342 g/mol. The molecule has 0 atom stereocenters. The Bertz CT molecular complexity index is 771. The summed E-state index contributed by atoms with van der Waals surface area (Å²) in [5.41, 5.74) is 1.51. The number of benzene rings is 2. The molecule has 0 heterocycles. The molecule has 1 amide bonds. The van der Waals surface area contributed by atoms with Crippen LogP contribution in [0.1, 0.15) is 32.3 Å². The van der Waals surface area contributed by atoms with E-state index in [2.05, 4.69) is 12.2 Å². The van der Waals surface area contributed by atoms with Gasteiger partial charge in [0.15, 0.2) is 11.5 Å². The van der Waals surface area contributed by atoms with Gasteiger partial charge in [0.05, 0.1) is 26.0 Å². The zero-order valence-corrected chi connectivity index (χ0v) is 16.2. The normalized spacial score (nSPS) is 10.6. The second-order valence-electron chi connectivity index (χ2n) is 5.86. The summed E-state index contributed by atoms with van der Waals surface area (Å²) in [6, 6.07) is 13.0. The fraction of sp³-hybridized carbons (Fsp3) is 0.318. The summed E-state index contributed by atoms with van der Waals surface area (Å²) >= 11 is 0. The maximum atomic E-state index is 12.3. The summed E-state index contributed by atoms with van der Waals surface area (Å²) in [7, 11) is 1.60. The molecule has 27 heavy (non-hydrogen) atoms. The quantitative estimate of drug-likeness (QED) is 0.477. The highest BCUT2D eigenvalue weighted by Crippen LogP contribution is 2.28. The molecule has 0 saturated heterocycles. The monoisotopic (exact) mass is 369 g/mol. The van der Waals surface area contributed by atoms with E-state index in [1.54, 1.807) is 13.2 Å². The van der Waals surface area contributed by atoms with Crippen molar-refractivity contribution in [3.63, 3.8) is 0 Å². The zero-order valence-electron chi connectivity index (χ0n) is 16.2. The van der Waals surface area contributed by atoms with E-state index >= 15 is 0 Å². The number of carbonyl (C=O) groups is 1. The summed E-state index contributed by atoms with van der Waals surface area (Å²) in [4.78, 5) is 12.3. The van der Waals surface area contributed by atoms with Gasteiger partial charge in [-0.3, -0.25) is 4.79 Å². The van der Waals surface area contributed by atoms with Gasteiger partial charge in [-0.2, -0.15) is 0 Å². The molecule has 0 aliphatic rings. The molecule has 5 heteroatoms. The number of hydrogen-bond acceptors (Lipinski definition) is 4. The average molecular weight is 369 g/mol. The molecule has 0 fully saturated rings. The van der Waals surface area contributed by atoms with Crippen molar-refractivity contribution in [1.29, 1.82) is 0 Å². The Kier molecular flexibility index (Phi) is 8.23. The summed E-state index contributed by atoms with van der Waals surface area (Å²) in [6.45, 7) is 5.19. The van der Waals surface area contributed by atoms with E-state index in [4.69, 9.17) is 14.2 Å². The van der Waals surface area contributed by atoms with Crippen LogP contribution in [0.15, 0.2) is 48.5 Å². The second-order valence-corrected chi connectivity index (χ2v) is 5.86. The predicted octanol–water partition coefficient (Wildman–Crippen LogP) is 4.92.